The molecule has 0 aromatic heterocycles. The first kappa shape index (κ1) is 12.0. The zero-order valence-corrected chi connectivity index (χ0v) is 9.02. The first-order valence-corrected chi connectivity index (χ1v) is 5.00. The van der Waals surface area contributed by atoms with E-state index in [1.54, 1.807) is 0 Å². The second-order valence-electron chi connectivity index (χ2n) is 3.70. The van der Waals surface area contributed by atoms with Crippen LogP contribution < -0.4 is 0 Å². The van der Waals surface area contributed by atoms with E-state index in [2.05, 4.69) is 0 Å². The quantitative estimate of drug-likeness (QED) is 0.861. The molecule has 0 fully saturated rings. The molecule has 5 heteroatoms. The predicted octanol–water partition coefficient (Wildman–Crippen LogP) is 3.04. The van der Waals surface area contributed by atoms with Crippen LogP contribution in [-0.2, 0) is 0 Å². The molecule has 2 aromatic rings. The van der Waals surface area contributed by atoms with E-state index in [-0.39, 0.29) is 22.4 Å². The summed E-state index contributed by atoms with van der Waals surface area (Å²) in [6, 6.07) is 6.40. The Morgan fingerprint density at radius 1 is 1.00 bits per heavy atom. The van der Waals surface area contributed by atoms with Crippen molar-refractivity contribution in [2.45, 2.75) is 0 Å². The zero-order valence-electron chi connectivity index (χ0n) is 9.02. The molecular weight excluding hydrogens is 242 g/mol. The van der Waals surface area contributed by atoms with Crippen LogP contribution in [0.25, 0.3) is 11.1 Å². The molecule has 2 rings (SSSR count). The van der Waals surface area contributed by atoms with Crippen molar-refractivity contribution in [2.24, 2.45) is 0 Å². The summed E-state index contributed by atoms with van der Waals surface area (Å²) in [6.45, 7) is 0. The van der Waals surface area contributed by atoms with Crippen LogP contribution in [0.15, 0.2) is 36.4 Å². The molecule has 3 nitrogen and oxygen atoms in total. The summed E-state index contributed by atoms with van der Waals surface area (Å²) in [7, 11) is 0. The molecule has 18 heavy (non-hydrogen) atoms. The van der Waals surface area contributed by atoms with E-state index >= 15 is 0 Å². The Bertz CT molecular complexity index is 603. The van der Waals surface area contributed by atoms with Gasteiger partial charge < -0.3 is 10.2 Å². The third-order valence-electron chi connectivity index (χ3n) is 2.42. The van der Waals surface area contributed by atoms with Crippen molar-refractivity contribution in [2.75, 3.05) is 0 Å². The molecule has 0 radical (unpaired) electrons. The molecular formula is C13H8F2O3. The average molecular weight is 250 g/mol. The van der Waals surface area contributed by atoms with Gasteiger partial charge >= 0.3 is 5.97 Å². The Morgan fingerprint density at radius 3 is 2.11 bits per heavy atom. The molecule has 0 aliphatic carbocycles. The van der Waals surface area contributed by atoms with Crippen molar-refractivity contribution in [1.29, 1.82) is 0 Å². The largest absolute Gasteiger partial charge is 0.507 e. The fourth-order valence-electron chi connectivity index (χ4n) is 1.62. The molecule has 0 spiro atoms. The van der Waals surface area contributed by atoms with Crippen LogP contribution in [0.4, 0.5) is 8.78 Å². The van der Waals surface area contributed by atoms with Crippen molar-refractivity contribution in [3.05, 3.63) is 53.6 Å². The van der Waals surface area contributed by atoms with Crippen LogP contribution in [0.5, 0.6) is 5.75 Å². The predicted molar refractivity (Wildman–Crippen MR) is 60.4 cm³/mol. The number of carbonyl (C=O) groups is 1. The van der Waals surface area contributed by atoms with Gasteiger partial charge in [0.05, 0.1) is 5.56 Å². The van der Waals surface area contributed by atoms with Crippen molar-refractivity contribution < 1.29 is 23.8 Å². The number of carboxylic acids is 1. The summed E-state index contributed by atoms with van der Waals surface area (Å²) in [5.41, 5.74) is 0.202. The van der Waals surface area contributed by atoms with Gasteiger partial charge in [-0.15, -0.1) is 0 Å². The minimum atomic E-state index is -1.19. The van der Waals surface area contributed by atoms with E-state index in [1.807, 2.05) is 0 Å². The number of phenols is 1. The second kappa shape index (κ2) is 4.44. The summed E-state index contributed by atoms with van der Waals surface area (Å²) in [5.74, 6) is -3.08. The molecule has 0 saturated carbocycles. The summed E-state index contributed by atoms with van der Waals surface area (Å²) < 4.78 is 26.1. The van der Waals surface area contributed by atoms with Gasteiger partial charge in [-0.05, 0) is 35.9 Å². The van der Waals surface area contributed by atoms with Crippen LogP contribution in [0, 0.1) is 11.6 Å². The van der Waals surface area contributed by atoms with Crippen LogP contribution in [0.2, 0.25) is 0 Å². The van der Waals surface area contributed by atoms with Gasteiger partial charge in [-0.3, -0.25) is 0 Å². The lowest BCUT2D eigenvalue weighted by molar-refractivity contribution is 0.0696. The fourth-order valence-corrected chi connectivity index (χ4v) is 1.62. The molecule has 0 aliphatic heterocycles. The Labute approximate surface area is 101 Å². The Balaban J connectivity index is 2.54. The number of hydrogen-bond acceptors (Lipinski definition) is 2. The lowest BCUT2D eigenvalue weighted by Gasteiger charge is -2.06. The highest BCUT2D eigenvalue weighted by molar-refractivity contribution is 5.89. The molecule has 92 valence electrons. The van der Waals surface area contributed by atoms with E-state index in [9.17, 15) is 18.7 Å². The Hall–Kier alpha value is -2.43. The first-order valence-electron chi connectivity index (χ1n) is 5.00. The number of carboxylic acid groups (broad SMARTS) is 1. The standard InChI is InChI=1S/C13H8F2O3/c14-9-3-8(4-10(15)6-9)11-2-1-7(13(17)18)5-12(11)16/h1-6,16H,(H,17,18). The molecule has 0 saturated heterocycles. The van der Waals surface area contributed by atoms with Crippen molar-refractivity contribution >= 4 is 5.97 Å². The van der Waals surface area contributed by atoms with Crippen LogP contribution in [0.1, 0.15) is 10.4 Å². The molecule has 0 aliphatic rings. The minimum Gasteiger partial charge on any atom is -0.507 e. The van der Waals surface area contributed by atoms with Gasteiger partial charge in [0.1, 0.15) is 17.4 Å². The van der Waals surface area contributed by atoms with Crippen LogP contribution in [-0.4, -0.2) is 16.2 Å². The third-order valence-corrected chi connectivity index (χ3v) is 2.42. The van der Waals surface area contributed by atoms with E-state index in [0.29, 0.717) is 6.07 Å². The van der Waals surface area contributed by atoms with E-state index in [0.717, 1.165) is 18.2 Å². The molecule has 0 amide bonds. The van der Waals surface area contributed by atoms with Gasteiger partial charge in [-0.2, -0.15) is 0 Å². The number of rotatable bonds is 2. The van der Waals surface area contributed by atoms with Crippen molar-refractivity contribution in [3.8, 4) is 16.9 Å². The molecule has 0 heterocycles. The molecule has 0 atom stereocenters. The normalized spacial score (nSPS) is 10.3. The van der Waals surface area contributed by atoms with Crippen molar-refractivity contribution in [3.63, 3.8) is 0 Å². The average Bonchev–Trinajstić information content (AvgIpc) is 2.27. The first-order chi connectivity index (χ1) is 8.47. The maximum atomic E-state index is 13.0. The number of phenolic OH excluding ortho intramolecular Hbond substituents is 1. The van der Waals surface area contributed by atoms with Gasteiger partial charge in [0.15, 0.2) is 0 Å². The highest BCUT2D eigenvalue weighted by Crippen LogP contribution is 2.30. The SMILES string of the molecule is O=C(O)c1ccc(-c2cc(F)cc(F)c2)c(O)c1. The number of halogens is 2. The smallest absolute Gasteiger partial charge is 0.335 e. The number of hydrogen-bond donors (Lipinski definition) is 2. The van der Waals surface area contributed by atoms with Gasteiger partial charge in [-0.25, -0.2) is 13.6 Å². The van der Waals surface area contributed by atoms with Gasteiger partial charge in [-0.1, -0.05) is 0 Å². The number of benzene rings is 2. The molecule has 2 N–H and O–H groups in total. The number of aromatic carboxylic acids is 1. The van der Waals surface area contributed by atoms with E-state index < -0.39 is 17.6 Å². The van der Waals surface area contributed by atoms with Crippen molar-refractivity contribution in [1.82, 2.24) is 0 Å². The lowest BCUT2D eigenvalue weighted by Crippen LogP contribution is -1.95. The maximum absolute atomic E-state index is 13.0. The molecule has 0 bridgehead atoms. The topological polar surface area (TPSA) is 57.5 Å². The number of aromatic hydroxyl groups is 1. The highest BCUT2D eigenvalue weighted by atomic mass is 19.1. The summed E-state index contributed by atoms with van der Waals surface area (Å²) in [5, 5.41) is 18.4. The van der Waals surface area contributed by atoms with Gasteiger partial charge in [0.2, 0.25) is 0 Å². The van der Waals surface area contributed by atoms with Gasteiger partial charge in [0.25, 0.3) is 0 Å². The monoisotopic (exact) mass is 250 g/mol. The second-order valence-corrected chi connectivity index (χ2v) is 3.70. The summed E-state index contributed by atoms with van der Waals surface area (Å²) >= 11 is 0. The highest BCUT2D eigenvalue weighted by Gasteiger charge is 2.11. The van der Waals surface area contributed by atoms with Crippen LogP contribution >= 0.6 is 0 Å². The van der Waals surface area contributed by atoms with Gasteiger partial charge in [0, 0.05) is 11.6 Å². The minimum absolute atomic E-state index is 0.104. The lowest BCUT2D eigenvalue weighted by atomic mass is 10.0. The van der Waals surface area contributed by atoms with E-state index in [4.69, 9.17) is 5.11 Å². The Kier molecular flexibility index (Phi) is 2.97. The third kappa shape index (κ3) is 2.29. The molecule has 2 aromatic carbocycles. The van der Waals surface area contributed by atoms with E-state index in [1.165, 1.54) is 12.1 Å². The summed E-state index contributed by atoms with van der Waals surface area (Å²) in [4.78, 5) is 10.7. The van der Waals surface area contributed by atoms with Crippen LogP contribution in [0.3, 0.4) is 0 Å². The fraction of sp³-hybridized carbons (Fsp3) is 0. The summed E-state index contributed by atoms with van der Waals surface area (Å²) in [6.07, 6.45) is 0. The molecule has 0 unspecified atom stereocenters. The zero-order chi connectivity index (χ0) is 13.3. The Morgan fingerprint density at radius 2 is 1.61 bits per heavy atom. The maximum Gasteiger partial charge on any atom is 0.335 e.